The van der Waals surface area contributed by atoms with Crippen molar-refractivity contribution < 1.29 is 9.21 Å². The number of ketones is 1. The fourth-order valence-electron chi connectivity index (χ4n) is 2.79. The Morgan fingerprint density at radius 2 is 2.32 bits per heavy atom. The molecule has 0 bridgehead atoms. The maximum Gasteiger partial charge on any atom is 0.205 e. The third-order valence-electron chi connectivity index (χ3n) is 4.10. The number of benzene rings is 1. The van der Waals surface area contributed by atoms with E-state index in [0.29, 0.717) is 16.4 Å². The molecule has 0 saturated carbocycles. The number of carbonyl (C=O) groups excluding carboxylic acids is 1. The number of carbonyl (C=O) groups is 1. The molecule has 1 N–H and O–H groups in total. The number of fused-ring (bicyclic) bond motifs is 1. The van der Waals surface area contributed by atoms with Crippen LogP contribution in [0.3, 0.4) is 0 Å². The quantitative estimate of drug-likeness (QED) is 0.871. The van der Waals surface area contributed by atoms with Crippen LogP contribution in [0.1, 0.15) is 30.3 Å². The van der Waals surface area contributed by atoms with E-state index in [9.17, 15) is 4.79 Å². The first-order chi connectivity index (χ1) is 9.14. The van der Waals surface area contributed by atoms with E-state index in [1.165, 1.54) is 0 Å². The SMILES string of the molecule is CCC1(C(=O)c2cc3cc(Cl)ccc3o2)CCNC1. The molecule has 1 fully saturated rings. The predicted octanol–water partition coefficient (Wildman–Crippen LogP) is 3.66. The van der Waals surface area contributed by atoms with Gasteiger partial charge in [0, 0.05) is 17.0 Å². The molecule has 1 aromatic heterocycles. The van der Waals surface area contributed by atoms with E-state index in [2.05, 4.69) is 12.2 Å². The van der Waals surface area contributed by atoms with Crippen LogP contribution in [0, 0.1) is 5.41 Å². The van der Waals surface area contributed by atoms with Gasteiger partial charge in [-0.15, -0.1) is 0 Å². The molecule has 0 aliphatic carbocycles. The van der Waals surface area contributed by atoms with Crippen LogP contribution in [0.15, 0.2) is 28.7 Å². The lowest BCUT2D eigenvalue weighted by atomic mass is 9.79. The zero-order valence-electron chi connectivity index (χ0n) is 10.8. The van der Waals surface area contributed by atoms with Crippen molar-refractivity contribution in [2.45, 2.75) is 19.8 Å². The molecule has 0 amide bonds. The van der Waals surface area contributed by atoms with Crippen LogP contribution in [0.25, 0.3) is 11.0 Å². The van der Waals surface area contributed by atoms with E-state index in [1.807, 2.05) is 6.07 Å². The third kappa shape index (κ3) is 2.07. The van der Waals surface area contributed by atoms with Gasteiger partial charge in [0.15, 0.2) is 5.76 Å². The van der Waals surface area contributed by atoms with Crippen LogP contribution in [-0.4, -0.2) is 18.9 Å². The summed E-state index contributed by atoms with van der Waals surface area (Å²) >= 11 is 5.95. The Labute approximate surface area is 116 Å². The van der Waals surface area contributed by atoms with Crippen molar-refractivity contribution in [3.63, 3.8) is 0 Å². The Morgan fingerprint density at radius 1 is 1.47 bits per heavy atom. The van der Waals surface area contributed by atoms with Gasteiger partial charge in [0.1, 0.15) is 5.58 Å². The smallest absolute Gasteiger partial charge is 0.205 e. The van der Waals surface area contributed by atoms with Crippen molar-refractivity contribution in [3.05, 3.63) is 35.0 Å². The van der Waals surface area contributed by atoms with Crippen molar-refractivity contribution in [3.8, 4) is 0 Å². The number of Topliss-reactive ketones (excluding diaryl/α,β-unsaturated/α-hetero) is 1. The molecule has 1 aliphatic heterocycles. The fraction of sp³-hybridized carbons (Fsp3) is 0.400. The van der Waals surface area contributed by atoms with E-state index < -0.39 is 0 Å². The van der Waals surface area contributed by atoms with E-state index in [4.69, 9.17) is 16.0 Å². The third-order valence-corrected chi connectivity index (χ3v) is 4.34. The highest BCUT2D eigenvalue weighted by Crippen LogP contribution is 2.35. The second kappa shape index (κ2) is 4.66. The number of furan rings is 1. The minimum atomic E-state index is -0.308. The molecule has 4 heteroatoms. The largest absolute Gasteiger partial charge is 0.453 e. The maximum atomic E-state index is 12.7. The van der Waals surface area contributed by atoms with E-state index in [1.54, 1.807) is 18.2 Å². The summed E-state index contributed by atoms with van der Waals surface area (Å²) in [5, 5.41) is 4.81. The Bertz CT molecular complexity index is 626. The summed E-state index contributed by atoms with van der Waals surface area (Å²) in [5.41, 5.74) is 0.405. The van der Waals surface area contributed by atoms with Crippen LogP contribution in [0.4, 0.5) is 0 Å². The summed E-state index contributed by atoms with van der Waals surface area (Å²) in [6, 6.07) is 7.20. The van der Waals surface area contributed by atoms with Crippen LogP contribution in [0.5, 0.6) is 0 Å². The van der Waals surface area contributed by atoms with Crippen LogP contribution < -0.4 is 5.32 Å². The van der Waals surface area contributed by atoms with Crippen molar-refractivity contribution >= 4 is 28.4 Å². The first kappa shape index (κ1) is 12.7. The zero-order valence-corrected chi connectivity index (χ0v) is 11.6. The lowest BCUT2D eigenvalue weighted by Crippen LogP contribution is -2.32. The van der Waals surface area contributed by atoms with Gasteiger partial charge in [0.2, 0.25) is 5.78 Å². The molecule has 2 aromatic rings. The van der Waals surface area contributed by atoms with Gasteiger partial charge in [-0.05, 0) is 43.7 Å². The second-order valence-corrected chi connectivity index (χ2v) is 5.62. The lowest BCUT2D eigenvalue weighted by molar-refractivity contribution is 0.0782. The number of rotatable bonds is 3. The summed E-state index contributed by atoms with van der Waals surface area (Å²) in [6.07, 6.45) is 1.71. The van der Waals surface area contributed by atoms with Gasteiger partial charge in [0.05, 0.1) is 5.41 Å². The molecule has 2 heterocycles. The Morgan fingerprint density at radius 3 is 3.00 bits per heavy atom. The number of hydrogen-bond acceptors (Lipinski definition) is 3. The summed E-state index contributed by atoms with van der Waals surface area (Å²) < 4.78 is 5.69. The molecular formula is C15H16ClNO2. The highest BCUT2D eigenvalue weighted by molar-refractivity contribution is 6.31. The Kier molecular flexibility index (Phi) is 3.11. The van der Waals surface area contributed by atoms with Crippen molar-refractivity contribution in [1.82, 2.24) is 5.32 Å². The van der Waals surface area contributed by atoms with Crippen molar-refractivity contribution in [2.24, 2.45) is 5.41 Å². The molecule has 19 heavy (non-hydrogen) atoms. The number of hydrogen-bond donors (Lipinski definition) is 1. The van der Waals surface area contributed by atoms with Gasteiger partial charge in [-0.1, -0.05) is 18.5 Å². The predicted molar refractivity (Wildman–Crippen MR) is 75.8 cm³/mol. The highest BCUT2D eigenvalue weighted by atomic mass is 35.5. The zero-order chi connectivity index (χ0) is 13.5. The maximum absolute atomic E-state index is 12.7. The van der Waals surface area contributed by atoms with Crippen LogP contribution >= 0.6 is 11.6 Å². The minimum Gasteiger partial charge on any atom is -0.453 e. The first-order valence-corrected chi connectivity index (χ1v) is 6.97. The van der Waals surface area contributed by atoms with Crippen molar-refractivity contribution in [2.75, 3.05) is 13.1 Å². The summed E-state index contributed by atoms with van der Waals surface area (Å²) in [6.45, 7) is 3.69. The normalized spacial score (nSPS) is 23.1. The second-order valence-electron chi connectivity index (χ2n) is 5.18. The monoisotopic (exact) mass is 277 g/mol. The van der Waals surface area contributed by atoms with Gasteiger partial charge >= 0.3 is 0 Å². The van der Waals surface area contributed by atoms with Crippen molar-refractivity contribution in [1.29, 1.82) is 0 Å². The van der Waals surface area contributed by atoms with E-state index >= 15 is 0 Å². The van der Waals surface area contributed by atoms with E-state index in [0.717, 1.165) is 31.3 Å². The number of halogens is 1. The minimum absolute atomic E-state index is 0.104. The molecule has 3 rings (SSSR count). The van der Waals surface area contributed by atoms with E-state index in [-0.39, 0.29) is 11.2 Å². The van der Waals surface area contributed by atoms with Gasteiger partial charge in [-0.3, -0.25) is 4.79 Å². The molecule has 0 radical (unpaired) electrons. The summed E-state index contributed by atoms with van der Waals surface area (Å²) in [4.78, 5) is 12.7. The van der Waals surface area contributed by atoms with Crippen LogP contribution in [0.2, 0.25) is 5.02 Å². The van der Waals surface area contributed by atoms with Gasteiger partial charge in [-0.2, -0.15) is 0 Å². The van der Waals surface area contributed by atoms with Gasteiger partial charge in [-0.25, -0.2) is 0 Å². The Balaban J connectivity index is 2.01. The molecule has 100 valence electrons. The summed E-state index contributed by atoms with van der Waals surface area (Å²) in [7, 11) is 0. The Hall–Kier alpha value is -1.32. The number of nitrogens with one attached hydrogen (secondary N) is 1. The molecule has 1 aromatic carbocycles. The molecule has 1 saturated heterocycles. The average Bonchev–Trinajstić information content (AvgIpc) is 3.04. The molecule has 1 unspecified atom stereocenters. The summed E-state index contributed by atoms with van der Waals surface area (Å²) in [5.74, 6) is 0.551. The average molecular weight is 278 g/mol. The molecular weight excluding hydrogens is 262 g/mol. The first-order valence-electron chi connectivity index (χ1n) is 6.59. The molecule has 1 atom stereocenters. The lowest BCUT2D eigenvalue weighted by Gasteiger charge is -2.23. The molecule has 1 aliphatic rings. The topological polar surface area (TPSA) is 42.2 Å². The molecule has 0 spiro atoms. The van der Waals surface area contributed by atoms with Gasteiger partial charge in [0.25, 0.3) is 0 Å². The highest BCUT2D eigenvalue weighted by Gasteiger charge is 2.41. The standard InChI is InChI=1S/C15H16ClNO2/c1-2-15(5-6-17-9-15)14(18)13-8-10-7-11(16)3-4-12(10)19-13/h3-4,7-8,17H,2,5-6,9H2,1H3. The molecule has 3 nitrogen and oxygen atoms in total. The fourth-order valence-corrected chi connectivity index (χ4v) is 2.97. The van der Waals surface area contributed by atoms with Crippen LogP contribution in [-0.2, 0) is 0 Å². The van der Waals surface area contributed by atoms with Gasteiger partial charge < -0.3 is 9.73 Å².